The summed E-state index contributed by atoms with van der Waals surface area (Å²) < 4.78 is 16.7. The van der Waals surface area contributed by atoms with E-state index in [-0.39, 0.29) is 18.4 Å². The summed E-state index contributed by atoms with van der Waals surface area (Å²) in [7, 11) is 0. The molecule has 0 aliphatic carbocycles. The van der Waals surface area contributed by atoms with E-state index in [2.05, 4.69) is 6.92 Å². The number of ether oxygens (including phenoxy) is 3. The topological polar surface area (TPSA) is 61.8 Å². The molecule has 5 nitrogen and oxygen atoms in total. The highest BCUT2D eigenvalue weighted by molar-refractivity contribution is 7.99. The maximum Gasteiger partial charge on any atom is 0.306 e. The Kier molecular flexibility index (Phi) is 16.6. The number of Topliss-reactive ketones (excluding diaryl/α,β-unsaturated/α-hetero) is 1. The fourth-order valence-electron chi connectivity index (χ4n) is 3.32. The molecule has 194 valence electrons. The first-order valence-electron chi connectivity index (χ1n) is 13.0. The number of carbonyl (C=O) groups excluding carboxylic acids is 2. The molecule has 1 rings (SSSR count). The van der Waals surface area contributed by atoms with Crippen molar-refractivity contribution < 1.29 is 23.8 Å². The van der Waals surface area contributed by atoms with Gasteiger partial charge in [0.1, 0.15) is 23.7 Å². The Morgan fingerprint density at radius 2 is 1.38 bits per heavy atom. The minimum absolute atomic E-state index is 0.0622. The number of esters is 1. The molecule has 6 heteroatoms. The van der Waals surface area contributed by atoms with Gasteiger partial charge in [0, 0.05) is 6.42 Å². The molecule has 0 saturated heterocycles. The number of hydrogen-bond donors (Lipinski definition) is 0. The minimum Gasteiger partial charge on any atom is -0.494 e. The summed E-state index contributed by atoms with van der Waals surface area (Å²) >= 11 is 1.58. The molecule has 0 N–H and O–H groups in total. The fraction of sp³-hybridized carbons (Fsp3) is 0.714. The molecule has 0 aromatic heterocycles. The van der Waals surface area contributed by atoms with E-state index in [4.69, 9.17) is 14.2 Å². The van der Waals surface area contributed by atoms with Gasteiger partial charge in [0.05, 0.1) is 12.4 Å². The molecular weight excluding hydrogens is 448 g/mol. The number of carbonyl (C=O) groups is 2. The van der Waals surface area contributed by atoms with E-state index in [9.17, 15) is 9.59 Å². The fourth-order valence-corrected chi connectivity index (χ4v) is 4.18. The van der Waals surface area contributed by atoms with E-state index >= 15 is 0 Å². The Bertz CT molecular complexity index is 666. The molecule has 0 amide bonds. The van der Waals surface area contributed by atoms with Crippen molar-refractivity contribution in [2.45, 2.75) is 104 Å². The second kappa shape index (κ2) is 18.6. The third-order valence-electron chi connectivity index (χ3n) is 5.09. The number of hydrogen-bond acceptors (Lipinski definition) is 6. The van der Waals surface area contributed by atoms with Crippen LogP contribution in [0, 0.1) is 0 Å². The van der Waals surface area contributed by atoms with Crippen LogP contribution in [0.4, 0.5) is 0 Å². The van der Waals surface area contributed by atoms with Crippen molar-refractivity contribution in [3.63, 3.8) is 0 Å². The molecule has 0 aliphatic rings. The third kappa shape index (κ3) is 17.7. The summed E-state index contributed by atoms with van der Waals surface area (Å²) in [6, 6.07) is 7.48. The van der Waals surface area contributed by atoms with Crippen molar-refractivity contribution in [1.29, 1.82) is 0 Å². The zero-order chi connectivity index (χ0) is 25.1. The van der Waals surface area contributed by atoms with Crippen LogP contribution in [0.2, 0.25) is 0 Å². The second-order valence-corrected chi connectivity index (χ2v) is 10.8. The van der Waals surface area contributed by atoms with Gasteiger partial charge in [-0.2, -0.15) is 11.8 Å². The summed E-state index contributed by atoms with van der Waals surface area (Å²) in [6.45, 7) is 8.67. The maximum absolute atomic E-state index is 12.0. The molecular formula is C28H46O5S. The lowest BCUT2D eigenvalue weighted by Crippen LogP contribution is -2.23. The first-order valence-corrected chi connectivity index (χ1v) is 14.1. The van der Waals surface area contributed by atoms with E-state index in [0.717, 1.165) is 37.4 Å². The van der Waals surface area contributed by atoms with E-state index in [1.165, 1.54) is 44.9 Å². The molecule has 1 aromatic carbocycles. The van der Waals surface area contributed by atoms with Crippen molar-refractivity contribution >= 4 is 23.5 Å². The largest absolute Gasteiger partial charge is 0.494 e. The van der Waals surface area contributed by atoms with Crippen LogP contribution in [0.1, 0.15) is 98.3 Å². The summed E-state index contributed by atoms with van der Waals surface area (Å²) in [5, 5.41) is 0. The average molecular weight is 495 g/mol. The quantitative estimate of drug-likeness (QED) is 0.139. The van der Waals surface area contributed by atoms with Gasteiger partial charge in [-0.05, 0) is 70.1 Å². The molecule has 0 spiro atoms. The molecule has 0 saturated carbocycles. The summed E-state index contributed by atoms with van der Waals surface area (Å²) in [4.78, 5) is 23.7. The molecule has 0 aliphatic heterocycles. The Morgan fingerprint density at radius 3 is 2.00 bits per heavy atom. The zero-order valence-electron chi connectivity index (χ0n) is 21.9. The van der Waals surface area contributed by atoms with Crippen LogP contribution >= 0.6 is 11.8 Å². The van der Waals surface area contributed by atoms with Crippen LogP contribution in [-0.4, -0.2) is 42.1 Å². The highest BCUT2D eigenvalue weighted by Gasteiger charge is 2.15. The summed E-state index contributed by atoms with van der Waals surface area (Å²) in [6.07, 6.45) is 12.4. The molecule has 0 atom stereocenters. The van der Waals surface area contributed by atoms with Crippen molar-refractivity contribution in [2.24, 2.45) is 0 Å². The van der Waals surface area contributed by atoms with Gasteiger partial charge in [-0.1, -0.05) is 51.9 Å². The Labute approximate surface area is 211 Å². The maximum atomic E-state index is 12.0. The average Bonchev–Trinajstić information content (AvgIpc) is 2.78. The third-order valence-corrected chi connectivity index (χ3v) is 6.20. The number of unbranched alkanes of at least 4 members (excludes halogenated alkanes) is 8. The van der Waals surface area contributed by atoms with Gasteiger partial charge >= 0.3 is 5.97 Å². The smallest absolute Gasteiger partial charge is 0.306 e. The van der Waals surface area contributed by atoms with Crippen LogP contribution in [-0.2, 0) is 14.3 Å². The standard InChI is InChI=1S/C28H46O5S/c1-5-6-7-8-9-10-11-13-20-31-25-16-18-26(19-17-25)32-22-24(29)23-34-21-14-12-15-27(30)33-28(2,3)4/h16-19H,5-15,20-23H2,1-4H3. The summed E-state index contributed by atoms with van der Waals surface area (Å²) in [5.74, 6) is 2.68. The predicted molar refractivity (Wildman–Crippen MR) is 142 cm³/mol. The first-order chi connectivity index (χ1) is 16.3. The van der Waals surface area contributed by atoms with Crippen LogP contribution in [0.15, 0.2) is 24.3 Å². The van der Waals surface area contributed by atoms with Crippen molar-refractivity contribution in [1.82, 2.24) is 0 Å². The zero-order valence-corrected chi connectivity index (χ0v) is 22.7. The Morgan fingerprint density at radius 1 is 0.794 bits per heavy atom. The van der Waals surface area contributed by atoms with Gasteiger partial charge in [-0.15, -0.1) is 0 Å². The van der Waals surface area contributed by atoms with Crippen LogP contribution in [0.5, 0.6) is 11.5 Å². The van der Waals surface area contributed by atoms with E-state index in [0.29, 0.717) is 17.9 Å². The number of thioether (sulfide) groups is 1. The Hall–Kier alpha value is -1.69. The van der Waals surface area contributed by atoms with Crippen LogP contribution in [0.25, 0.3) is 0 Å². The van der Waals surface area contributed by atoms with Gasteiger partial charge in [0.25, 0.3) is 0 Å². The Balaban J connectivity index is 2.03. The lowest BCUT2D eigenvalue weighted by atomic mass is 10.1. The van der Waals surface area contributed by atoms with Crippen molar-refractivity contribution in [2.75, 3.05) is 24.7 Å². The summed E-state index contributed by atoms with van der Waals surface area (Å²) in [5.41, 5.74) is -0.432. The van der Waals surface area contributed by atoms with Crippen molar-refractivity contribution in [3.05, 3.63) is 24.3 Å². The highest BCUT2D eigenvalue weighted by Crippen LogP contribution is 2.18. The second-order valence-electron chi connectivity index (χ2n) is 9.72. The number of ketones is 1. The van der Waals surface area contributed by atoms with E-state index < -0.39 is 5.60 Å². The van der Waals surface area contributed by atoms with Crippen molar-refractivity contribution in [3.8, 4) is 11.5 Å². The molecule has 0 radical (unpaired) electrons. The van der Waals surface area contributed by atoms with Crippen LogP contribution in [0.3, 0.4) is 0 Å². The molecule has 34 heavy (non-hydrogen) atoms. The molecule has 0 bridgehead atoms. The molecule has 0 heterocycles. The normalized spacial score (nSPS) is 11.3. The van der Waals surface area contributed by atoms with Gasteiger partial charge < -0.3 is 14.2 Å². The van der Waals surface area contributed by atoms with E-state index in [1.54, 1.807) is 11.8 Å². The minimum atomic E-state index is -0.432. The van der Waals surface area contributed by atoms with Gasteiger partial charge in [-0.3, -0.25) is 9.59 Å². The number of rotatable bonds is 20. The molecule has 1 aromatic rings. The van der Waals surface area contributed by atoms with Gasteiger partial charge in [-0.25, -0.2) is 0 Å². The molecule has 0 fully saturated rings. The monoisotopic (exact) mass is 494 g/mol. The van der Waals surface area contributed by atoms with Gasteiger partial charge in [0.2, 0.25) is 0 Å². The lowest BCUT2D eigenvalue weighted by Gasteiger charge is -2.19. The number of benzene rings is 1. The highest BCUT2D eigenvalue weighted by atomic mass is 32.2. The predicted octanol–water partition coefficient (Wildman–Crippen LogP) is 7.40. The van der Waals surface area contributed by atoms with Gasteiger partial charge in [0.15, 0.2) is 5.78 Å². The van der Waals surface area contributed by atoms with E-state index in [1.807, 2.05) is 45.0 Å². The lowest BCUT2D eigenvalue weighted by molar-refractivity contribution is -0.154. The first kappa shape index (κ1) is 30.3. The molecule has 0 unspecified atom stereocenters. The SMILES string of the molecule is CCCCCCCCCCOc1ccc(OCC(=O)CSCCCCC(=O)OC(C)(C)C)cc1. The van der Waals surface area contributed by atoms with Crippen LogP contribution < -0.4 is 9.47 Å².